The Hall–Kier alpha value is -3.61. The van der Waals surface area contributed by atoms with E-state index in [4.69, 9.17) is 21.1 Å². The van der Waals surface area contributed by atoms with Crippen LogP contribution in [0.5, 0.6) is 5.75 Å². The number of piperidine rings is 1. The minimum atomic E-state index is -4.63. The Kier molecular flexibility index (Phi) is 9.26. The van der Waals surface area contributed by atoms with E-state index in [-0.39, 0.29) is 36.0 Å². The average Bonchev–Trinajstić information content (AvgIpc) is 2.83. The van der Waals surface area contributed by atoms with Crippen LogP contribution in [0, 0.1) is 5.82 Å². The molecule has 0 saturated carbocycles. The molecule has 3 rings (SSSR count). The zero-order chi connectivity index (χ0) is 29.0. The van der Waals surface area contributed by atoms with E-state index in [0.29, 0.717) is 6.07 Å². The van der Waals surface area contributed by atoms with Gasteiger partial charge in [-0.3, -0.25) is 14.5 Å². The molecule has 2 atom stereocenters. The number of halogens is 5. The first-order valence-electron chi connectivity index (χ1n) is 11.8. The number of hydrogen-bond acceptors (Lipinski definition) is 6. The van der Waals surface area contributed by atoms with Crippen molar-refractivity contribution in [1.29, 1.82) is 0 Å². The number of amides is 3. The van der Waals surface area contributed by atoms with Crippen molar-refractivity contribution in [2.45, 2.75) is 57.5 Å². The number of pyridine rings is 1. The highest BCUT2D eigenvalue weighted by Gasteiger charge is 2.39. The normalized spacial score (nSPS) is 17.8. The van der Waals surface area contributed by atoms with Gasteiger partial charge in [0.05, 0.1) is 10.6 Å². The second-order valence-corrected chi connectivity index (χ2v) is 10.2. The van der Waals surface area contributed by atoms with Gasteiger partial charge in [0.2, 0.25) is 5.91 Å². The summed E-state index contributed by atoms with van der Waals surface area (Å²) in [5.41, 5.74) is -1.90. The molecule has 0 spiro atoms. The van der Waals surface area contributed by atoms with Gasteiger partial charge < -0.3 is 20.1 Å². The maximum absolute atomic E-state index is 13.6. The quantitative estimate of drug-likeness (QED) is 0.480. The van der Waals surface area contributed by atoms with Gasteiger partial charge >= 0.3 is 12.3 Å². The van der Waals surface area contributed by atoms with Gasteiger partial charge in [0, 0.05) is 24.8 Å². The maximum atomic E-state index is 13.6. The number of hydrogen-bond donors (Lipinski definition) is 2. The first-order chi connectivity index (χ1) is 18.1. The molecule has 1 aliphatic rings. The smallest absolute Gasteiger partial charge is 0.416 e. The summed E-state index contributed by atoms with van der Waals surface area (Å²) in [6, 6.07) is 3.47. The number of ether oxygens (including phenoxy) is 2. The van der Waals surface area contributed by atoms with Gasteiger partial charge in [-0.15, -0.1) is 0 Å². The van der Waals surface area contributed by atoms with Crippen LogP contribution in [0.15, 0.2) is 36.5 Å². The molecule has 2 heterocycles. The second kappa shape index (κ2) is 12.1. The van der Waals surface area contributed by atoms with E-state index < -0.39 is 59.8 Å². The van der Waals surface area contributed by atoms with E-state index in [2.05, 4.69) is 15.6 Å². The highest BCUT2D eigenvalue weighted by atomic mass is 35.5. The number of anilines is 1. The number of alkyl halides is 3. The SMILES string of the molecule is CC(C)(C)OC(=O)N1CC(NC(=O)COc2ccc(Cl)c(F)c2)CCC1C(=O)Nc1cc(C(F)(F)F)ccn1. The lowest BCUT2D eigenvalue weighted by atomic mass is 9.97. The topological polar surface area (TPSA) is 110 Å². The van der Waals surface area contributed by atoms with Crippen molar-refractivity contribution in [2.75, 3.05) is 18.5 Å². The fourth-order valence-electron chi connectivity index (χ4n) is 3.75. The average molecular weight is 575 g/mol. The molecule has 14 heteroatoms. The molecule has 1 fully saturated rings. The molecule has 212 valence electrons. The highest BCUT2D eigenvalue weighted by Crippen LogP contribution is 2.30. The number of nitrogens with one attached hydrogen (secondary N) is 2. The van der Waals surface area contributed by atoms with Gasteiger partial charge in [-0.05, 0) is 57.9 Å². The summed E-state index contributed by atoms with van der Waals surface area (Å²) in [5, 5.41) is 4.92. The van der Waals surface area contributed by atoms with Gasteiger partial charge in [0.25, 0.3) is 5.91 Å². The molecule has 0 bridgehead atoms. The molecule has 3 amide bonds. The molecule has 0 aliphatic carbocycles. The number of likely N-dealkylation sites (tertiary alicyclic amines) is 1. The summed E-state index contributed by atoms with van der Waals surface area (Å²) in [6.45, 7) is 4.32. The van der Waals surface area contributed by atoms with E-state index in [1.165, 1.54) is 12.1 Å². The predicted molar refractivity (Wildman–Crippen MR) is 133 cm³/mol. The molecule has 1 saturated heterocycles. The lowest BCUT2D eigenvalue weighted by Gasteiger charge is -2.39. The van der Waals surface area contributed by atoms with E-state index in [1.54, 1.807) is 20.8 Å². The van der Waals surface area contributed by atoms with Crippen molar-refractivity contribution in [3.05, 3.63) is 52.9 Å². The second-order valence-electron chi connectivity index (χ2n) is 9.77. The number of carbonyl (C=O) groups is 3. The van der Waals surface area contributed by atoms with E-state index in [9.17, 15) is 31.9 Å². The van der Waals surface area contributed by atoms with Crippen LogP contribution in [0.1, 0.15) is 39.2 Å². The van der Waals surface area contributed by atoms with Crippen LogP contribution in [0.2, 0.25) is 5.02 Å². The minimum absolute atomic E-state index is 0.0677. The van der Waals surface area contributed by atoms with Crippen molar-refractivity contribution in [2.24, 2.45) is 0 Å². The predicted octanol–water partition coefficient (Wildman–Crippen LogP) is 4.79. The standard InChI is InChI=1S/C25H27ClF4N4O5/c1-24(2,3)39-23(37)34-12-15(32-21(35)13-38-16-5-6-17(26)18(27)11-16)4-7-19(34)22(36)33-20-10-14(8-9-31-20)25(28,29)30/h5-6,8-11,15,19H,4,7,12-13H2,1-3H3,(H,32,35)(H,31,33,36). The Balaban J connectivity index is 1.68. The first kappa shape index (κ1) is 29.9. The van der Waals surface area contributed by atoms with Gasteiger partial charge in [-0.2, -0.15) is 13.2 Å². The molecule has 2 N–H and O–H groups in total. The Bertz CT molecular complexity index is 1220. The molecule has 1 aliphatic heterocycles. The fraction of sp³-hybridized carbons (Fsp3) is 0.440. The highest BCUT2D eigenvalue weighted by molar-refractivity contribution is 6.30. The lowest BCUT2D eigenvalue weighted by molar-refractivity contribution is -0.137. The van der Waals surface area contributed by atoms with Gasteiger partial charge in [-0.25, -0.2) is 14.2 Å². The molecule has 2 unspecified atom stereocenters. The van der Waals surface area contributed by atoms with Crippen molar-refractivity contribution < 1.29 is 41.4 Å². The van der Waals surface area contributed by atoms with Crippen LogP contribution in [0.3, 0.4) is 0 Å². The van der Waals surface area contributed by atoms with Crippen molar-refractivity contribution >= 4 is 35.3 Å². The molecular weight excluding hydrogens is 548 g/mol. The summed E-state index contributed by atoms with van der Waals surface area (Å²) in [4.78, 5) is 43.3. The lowest BCUT2D eigenvalue weighted by Crippen LogP contribution is -2.58. The third kappa shape index (κ3) is 8.70. The van der Waals surface area contributed by atoms with Crippen molar-refractivity contribution in [3.63, 3.8) is 0 Å². The van der Waals surface area contributed by atoms with Gasteiger partial charge in [0.1, 0.15) is 29.0 Å². The van der Waals surface area contributed by atoms with E-state index in [0.717, 1.165) is 23.2 Å². The van der Waals surface area contributed by atoms with Crippen LogP contribution in [0.25, 0.3) is 0 Å². The first-order valence-corrected chi connectivity index (χ1v) is 12.2. The number of carbonyl (C=O) groups excluding carboxylic acids is 3. The Morgan fingerprint density at radius 3 is 2.49 bits per heavy atom. The zero-order valence-electron chi connectivity index (χ0n) is 21.3. The Morgan fingerprint density at radius 1 is 1.13 bits per heavy atom. The zero-order valence-corrected chi connectivity index (χ0v) is 22.0. The largest absolute Gasteiger partial charge is 0.484 e. The van der Waals surface area contributed by atoms with Gasteiger partial charge in [-0.1, -0.05) is 11.6 Å². The molecular formula is C25H27ClF4N4O5. The van der Waals surface area contributed by atoms with Crippen LogP contribution in [0.4, 0.5) is 28.2 Å². The molecule has 1 aromatic heterocycles. The summed E-state index contributed by atoms with van der Waals surface area (Å²) in [6.07, 6.45) is -4.23. The minimum Gasteiger partial charge on any atom is -0.484 e. The fourth-order valence-corrected chi connectivity index (χ4v) is 3.87. The number of rotatable bonds is 6. The number of benzene rings is 1. The molecule has 39 heavy (non-hydrogen) atoms. The van der Waals surface area contributed by atoms with Crippen LogP contribution in [-0.4, -0.2) is 58.6 Å². The molecule has 2 aromatic rings. The van der Waals surface area contributed by atoms with E-state index in [1.807, 2.05) is 0 Å². The summed E-state index contributed by atoms with van der Waals surface area (Å²) in [7, 11) is 0. The van der Waals surface area contributed by atoms with Crippen molar-refractivity contribution in [3.8, 4) is 5.75 Å². The van der Waals surface area contributed by atoms with Crippen LogP contribution in [-0.2, 0) is 20.5 Å². The summed E-state index contributed by atoms with van der Waals surface area (Å²) >= 11 is 5.63. The monoisotopic (exact) mass is 574 g/mol. The van der Waals surface area contributed by atoms with E-state index >= 15 is 0 Å². The summed E-state index contributed by atoms with van der Waals surface area (Å²) < 4.78 is 63.4. The molecule has 1 aromatic carbocycles. The Labute approximate surface area is 226 Å². The van der Waals surface area contributed by atoms with Crippen LogP contribution < -0.4 is 15.4 Å². The molecule has 9 nitrogen and oxygen atoms in total. The maximum Gasteiger partial charge on any atom is 0.416 e. The third-order valence-corrected chi connectivity index (χ3v) is 5.78. The summed E-state index contributed by atoms with van der Waals surface area (Å²) in [5.74, 6) is -2.27. The van der Waals surface area contributed by atoms with Crippen molar-refractivity contribution in [1.82, 2.24) is 15.2 Å². The van der Waals surface area contributed by atoms with Gasteiger partial charge in [0.15, 0.2) is 6.61 Å². The Morgan fingerprint density at radius 2 is 1.85 bits per heavy atom. The number of aromatic nitrogens is 1. The number of nitrogens with zero attached hydrogens (tertiary/aromatic N) is 2. The third-order valence-electron chi connectivity index (χ3n) is 5.48. The van der Waals surface area contributed by atoms with Crippen LogP contribution >= 0.6 is 11.6 Å². The molecule has 0 radical (unpaired) electrons.